The van der Waals surface area contributed by atoms with Gasteiger partial charge in [0.05, 0.1) is 45.6 Å². The fourth-order valence-corrected chi connectivity index (χ4v) is 12.0. The van der Waals surface area contributed by atoms with E-state index in [4.69, 9.17) is 6.57 Å². The Balaban J connectivity index is 1.22. The molecule has 0 saturated carbocycles. The van der Waals surface area contributed by atoms with Crippen molar-refractivity contribution in [2.24, 2.45) is 0 Å². The van der Waals surface area contributed by atoms with Crippen molar-refractivity contribution in [1.29, 1.82) is 0 Å². The van der Waals surface area contributed by atoms with Crippen molar-refractivity contribution in [1.82, 2.24) is 9.13 Å². The normalized spacial score (nSPS) is 11.9. The summed E-state index contributed by atoms with van der Waals surface area (Å²) in [5.41, 5.74) is 22.3. The van der Waals surface area contributed by atoms with Gasteiger partial charge in [-0.1, -0.05) is 160 Å². The van der Waals surface area contributed by atoms with Crippen LogP contribution in [0.4, 0.5) is 18.9 Å². The summed E-state index contributed by atoms with van der Waals surface area (Å²) in [7, 11) is 0. The second-order valence-corrected chi connectivity index (χ2v) is 21.1. The lowest BCUT2D eigenvalue weighted by atomic mass is 9.96. The fourth-order valence-electron chi connectivity index (χ4n) is 12.0. The van der Waals surface area contributed by atoms with Crippen LogP contribution in [-0.4, -0.2) is 9.13 Å². The van der Waals surface area contributed by atoms with Gasteiger partial charge >= 0.3 is 6.18 Å². The van der Waals surface area contributed by atoms with E-state index in [1.54, 1.807) is 6.07 Å². The Kier molecular flexibility index (Phi) is 11.5. The zero-order valence-corrected chi connectivity index (χ0v) is 43.8. The molecule has 0 aliphatic rings. The van der Waals surface area contributed by atoms with E-state index >= 15 is 13.2 Å². The van der Waals surface area contributed by atoms with E-state index in [2.05, 4.69) is 215 Å². The van der Waals surface area contributed by atoms with Crippen LogP contribution in [0.1, 0.15) is 50.1 Å². The molecule has 370 valence electrons. The lowest BCUT2D eigenvalue weighted by Crippen LogP contribution is -2.08. The zero-order chi connectivity index (χ0) is 52.9. The van der Waals surface area contributed by atoms with E-state index in [-0.39, 0.29) is 16.8 Å². The number of hydrogen-bond donors (Lipinski definition) is 0. The maximum Gasteiger partial charge on any atom is 0.416 e. The Bertz CT molecular complexity index is 4140. The monoisotopic (exact) mass is 993 g/mol. The first kappa shape index (κ1) is 48.0. The van der Waals surface area contributed by atoms with Gasteiger partial charge in [-0.15, -0.1) is 0 Å². The molecule has 0 atom stereocenters. The van der Waals surface area contributed by atoms with Crippen LogP contribution in [0, 0.1) is 62.0 Å². The maximum atomic E-state index is 15.2. The Morgan fingerprint density at radius 1 is 0.329 bits per heavy atom. The molecule has 2 aromatic heterocycles. The molecule has 6 heteroatoms. The number of halogens is 3. The third kappa shape index (κ3) is 8.43. The van der Waals surface area contributed by atoms with Gasteiger partial charge in [-0.05, 0) is 178 Å². The number of aromatic nitrogens is 2. The standard InChI is InChI=1S/C70H54F3N3/c1-40-22-41(2)27-52(26-40)48-14-18-64-58(34-48)59-35-49(53-28-42(3)23-43(4)29-53)15-19-65(59)75(64)68-38-57(56-12-10-11-13-62(56)70(71,72)73)63(74-9)39-69(68)76-66-20-16-50(54-30-44(5)24-45(6)31-54)36-60(66)61-37-51(17-21-67(61)76)55-32-46(7)25-47(8)33-55/h10-39H,1-8H3. The van der Waals surface area contributed by atoms with Gasteiger partial charge in [0.25, 0.3) is 0 Å². The smallest absolute Gasteiger partial charge is 0.308 e. The van der Waals surface area contributed by atoms with E-state index in [9.17, 15) is 0 Å². The second kappa shape index (κ2) is 18.2. The van der Waals surface area contributed by atoms with E-state index in [1.165, 1.54) is 56.6 Å². The molecule has 0 amide bonds. The summed E-state index contributed by atoms with van der Waals surface area (Å²) in [6.45, 7) is 25.7. The highest BCUT2D eigenvalue weighted by molar-refractivity contribution is 6.14. The van der Waals surface area contributed by atoms with Gasteiger partial charge in [-0.2, -0.15) is 13.2 Å². The first-order chi connectivity index (χ1) is 36.5. The molecule has 10 aromatic carbocycles. The fraction of sp³-hybridized carbons (Fsp3) is 0.129. The third-order valence-electron chi connectivity index (χ3n) is 15.0. The summed E-state index contributed by atoms with van der Waals surface area (Å²) in [5.74, 6) is 0. The van der Waals surface area contributed by atoms with Crippen molar-refractivity contribution in [3.63, 3.8) is 0 Å². The Morgan fingerprint density at radius 3 is 0.934 bits per heavy atom. The van der Waals surface area contributed by atoms with Crippen LogP contribution in [-0.2, 0) is 6.18 Å². The minimum Gasteiger partial charge on any atom is -0.308 e. The Morgan fingerprint density at radius 2 is 0.632 bits per heavy atom. The number of aryl methyl sites for hydroxylation is 8. The van der Waals surface area contributed by atoms with Crippen LogP contribution < -0.4 is 0 Å². The molecule has 0 saturated heterocycles. The number of fused-ring (bicyclic) bond motifs is 6. The average molecular weight is 994 g/mol. The summed E-state index contributed by atoms with van der Waals surface area (Å²) in [6.07, 6.45) is -4.68. The first-order valence-electron chi connectivity index (χ1n) is 25.7. The van der Waals surface area contributed by atoms with Crippen molar-refractivity contribution in [2.45, 2.75) is 61.6 Å². The van der Waals surface area contributed by atoms with Crippen LogP contribution in [0.2, 0.25) is 0 Å². The van der Waals surface area contributed by atoms with Crippen LogP contribution in [0.15, 0.2) is 182 Å². The molecule has 0 aliphatic carbocycles. The number of alkyl halides is 3. The minimum absolute atomic E-state index is 0.0535. The highest BCUT2D eigenvalue weighted by Crippen LogP contribution is 2.48. The minimum atomic E-state index is -4.68. The molecule has 0 N–H and O–H groups in total. The SMILES string of the molecule is [C-]#[N+]c1cc(-n2c3ccc(-c4cc(C)cc(C)c4)cc3c3cc(-c4cc(C)cc(C)c4)ccc32)c(-n2c3ccc(-c4cc(C)cc(C)c4)cc3c3cc(-c4cc(C)cc(C)c4)ccc32)cc1-c1ccccc1C(F)(F)F. The molecule has 12 rings (SSSR count). The predicted octanol–water partition coefficient (Wildman–Crippen LogP) is 20.3. The van der Waals surface area contributed by atoms with Crippen LogP contribution in [0.5, 0.6) is 0 Å². The number of benzene rings is 10. The highest BCUT2D eigenvalue weighted by Gasteiger charge is 2.34. The van der Waals surface area contributed by atoms with Crippen molar-refractivity contribution in [3.8, 4) is 67.0 Å². The van der Waals surface area contributed by atoms with E-state index in [0.717, 1.165) is 94.2 Å². The molecule has 0 spiro atoms. The number of rotatable bonds is 7. The summed E-state index contributed by atoms with van der Waals surface area (Å²) in [4.78, 5) is 4.07. The second-order valence-electron chi connectivity index (χ2n) is 21.1. The molecule has 0 bridgehead atoms. The van der Waals surface area contributed by atoms with Gasteiger partial charge in [-0.3, -0.25) is 0 Å². The van der Waals surface area contributed by atoms with Crippen LogP contribution in [0.25, 0.3) is 115 Å². The Hall–Kier alpha value is -8.92. The van der Waals surface area contributed by atoms with E-state index < -0.39 is 11.7 Å². The molecular formula is C70H54F3N3. The largest absolute Gasteiger partial charge is 0.416 e. The van der Waals surface area contributed by atoms with Crippen LogP contribution in [0.3, 0.4) is 0 Å². The molecule has 2 heterocycles. The number of nitrogens with zero attached hydrogens (tertiary/aromatic N) is 3. The Labute approximate surface area is 441 Å². The van der Waals surface area contributed by atoms with Crippen molar-refractivity contribution < 1.29 is 13.2 Å². The summed E-state index contributed by atoms with van der Waals surface area (Å²) in [6, 6.07) is 61.9. The molecule has 0 fully saturated rings. The van der Waals surface area contributed by atoms with Gasteiger partial charge in [0.1, 0.15) is 0 Å². The highest BCUT2D eigenvalue weighted by atomic mass is 19.4. The van der Waals surface area contributed by atoms with E-state index in [1.807, 2.05) is 12.1 Å². The van der Waals surface area contributed by atoms with Gasteiger partial charge in [-0.25, -0.2) is 4.85 Å². The molecule has 0 radical (unpaired) electrons. The maximum absolute atomic E-state index is 15.2. The van der Waals surface area contributed by atoms with Crippen molar-refractivity contribution >= 4 is 49.3 Å². The lowest BCUT2D eigenvalue weighted by molar-refractivity contribution is -0.137. The summed E-state index contributed by atoms with van der Waals surface area (Å²) < 4.78 is 50.0. The summed E-state index contributed by atoms with van der Waals surface area (Å²) >= 11 is 0. The zero-order valence-electron chi connectivity index (χ0n) is 43.8. The molecular weight excluding hydrogens is 940 g/mol. The molecule has 0 unspecified atom stereocenters. The first-order valence-corrected chi connectivity index (χ1v) is 25.7. The molecule has 3 nitrogen and oxygen atoms in total. The molecule has 76 heavy (non-hydrogen) atoms. The molecule has 0 aliphatic heterocycles. The predicted molar refractivity (Wildman–Crippen MR) is 311 cm³/mol. The van der Waals surface area contributed by atoms with Gasteiger partial charge in [0.2, 0.25) is 0 Å². The number of hydrogen-bond acceptors (Lipinski definition) is 0. The van der Waals surface area contributed by atoms with Gasteiger partial charge in [0, 0.05) is 21.5 Å². The molecule has 12 aromatic rings. The quantitative estimate of drug-likeness (QED) is 0.141. The lowest BCUT2D eigenvalue weighted by Gasteiger charge is -2.21. The van der Waals surface area contributed by atoms with Crippen molar-refractivity contribution in [3.05, 3.63) is 243 Å². The van der Waals surface area contributed by atoms with Crippen molar-refractivity contribution in [2.75, 3.05) is 0 Å². The summed E-state index contributed by atoms with van der Waals surface area (Å²) in [5, 5.41) is 4.01. The van der Waals surface area contributed by atoms with Gasteiger partial charge < -0.3 is 9.13 Å². The average Bonchev–Trinajstić information content (AvgIpc) is 4.03. The van der Waals surface area contributed by atoms with E-state index in [0.29, 0.717) is 11.4 Å². The topological polar surface area (TPSA) is 14.2 Å². The third-order valence-corrected chi connectivity index (χ3v) is 15.0. The van der Waals surface area contributed by atoms with Gasteiger partial charge in [0.15, 0.2) is 5.69 Å². The van der Waals surface area contributed by atoms with Crippen LogP contribution >= 0.6 is 0 Å².